The Labute approximate surface area is 159 Å². The molecular formula is C18H14Cl2N2O4. The van der Waals surface area contributed by atoms with Crippen LogP contribution in [-0.2, 0) is 11.3 Å². The van der Waals surface area contributed by atoms with Crippen molar-refractivity contribution in [3.63, 3.8) is 0 Å². The number of nitrogens with one attached hydrogen (secondary N) is 1. The smallest absolute Gasteiger partial charge is 0.290 e. The summed E-state index contributed by atoms with van der Waals surface area (Å²) < 4.78 is 10.4. The average Bonchev–Trinajstić information content (AvgIpc) is 3.30. The van der Waals surface area contributed by atoms with E-state index in [2.05, 4.69) is 5.32 Å². The number of carbonyl (C=O) groups excluding carboxylic acids is 2. The Hall–Kier alpha value is -2.70. The molecule has 3 rings (SSSR count). The second kappa shape index (κ2) is 8.12. The molecule has 1 aromatic carbocycles. The third-order valence-electron chi connectivity index (χ3n) is 3.48. The number of anilines is 1. The van der Waals surface area contributed by atoms with Gasteiger partial charge in [0.2, 0.25) is 5.91 Å². The van der Waals surface area contributed by atoms with Crippen LogP contribution in [0.2, 0.25) is 10.0 Å². The number of hydrogen-bond donors (Lipinski definition) is 1. The van der Waals surface area contributed by atoms with Crippen molar-refractivity contribution < 1.29 is 18.4 Å². The highest BCUT2D eigenvalue weighted by molar-refractivity contribution is 6.42. The fourth-order valence-electron chi connectivity index (χ4n) is 2.29. The normalized spacial score (nSPS) is 10.5. The zero-order chi connectivity index (χ0) is 18.5. The lowest BCUT2D eigenvalue weighted by Crippen LogP contribution is -2.37. The molecule has 134 valence electrons. The molecule has 0 atom stereocenters. The molecule has 3 aromatic rings. The third-order valence-corrected chi connectivity index (χ3v) is 4.22. The summed E-state index contributed by atoms with van der Waals surface area (Å²) in [5.74, 6) is -0.128. The van der Waals surface area contributed by atoms with E-state index in [0.717, 1.165) is 0 Å². The van der Waals surface area contributed by atoms with Gasteiger partial charge in [-0.25, -0.2) is 0 Å². The first-order valence-corrected chi connectivity index (χ1v) is 8.38. The van der Waals surface area contributed by atoms with Gasteiger partial charge in [0.25, 0.3) is 5.91 Å². The minimum atomic E-state index is -0.421. The lowest BCUT2D eigenvalue weighted by Gasteiger charge is -2.20. The molecule has 6 nitrogen and oxygen atoms in total. The summed E-state index contributed by atoms with van der Waals surface area (Å²) in [6, 6.07) is 11.3. The largest absolute Gasteiger partial charge is 0.467 e. The quantitative estimate of drug-likeness (QED) is 0.671. The van der Waals surface area contributed by atoms with Crippen molar-refractivity contribution >= 4 is 40.7 Å². The van der Waals surface area contributed by atoms with Gasteiger partial charge in [0.05, 0.1) is 29.1 Å². The highest BCUT2D eigenvalue weighted by Crippen LogP contribution is 2.25. The standard InChI is InChI=1S/C18H14Cl2N2O4/c19-14-6-5-12(9-15(14)20)21-17(23)11-22(10-13-3-1-7-25-13)18(24)16-4-2-8-26-16/h1-9H,10-11H2,(H,21,23). The van der Waals surface area contributed by atoms with Gasteiger partial charge >= 0.3 is 0 Å². The van der Waals surface area contributed by atoms with Crippen molar-refractivity contribution in [2.24, 2.45) is 0 Å². The molecule has 8 heteroatoms. The van der Waals surface area contributed by atoms with Crippen molar-refractivity contribution in [1.29, 1.82) is 0 Å². The van der Waals surface area contributed by atoms with E-state index in [1.54, 1.807) is 30.3 Å². The molecule has 0 aliphatic heterocycles. The molecule has 0 unspecified atom stereocenters. The molecule has 0 aliphatic rings. The minimum Gasteiger partial charge on any atom is -0.467 e. The van der Waals surface area contributed by atoms with E-state index in [9.17, 15) is 9.59 Å². The minimum absolute atomic E-state index is 0.126. The van der Waals surface area contributed by atoms with Crippen LogP contribution in [0.1, 0.15) is 16.3 Å². The van der Waals surface area contributed by atoms with E-state index in [-0.39, 0.29) is 18.8 Å². The maximum Gasteiger partial charge on any atom is 0.290 e. The molecule has 0 saturated carbocycles. The lowest BCUT2D eigenvalue weighted by molar-refractivity contribution is -0.117. The van der Waals surface area contributed by atoms with Crippen LogP contribution >= 0.6 is 23.2 Å². The van der Waals surface area contributed by atoms with Crippen LogP contribution in [0.4, 0.5) is 5.69 Å². The summed E-state index contributed by atoms with van der Waals surface area (Å²) >= 11 is 11.8. The highest BCUT2D eigenvalue weighted by atomic mass is 35.5. The van der Waals surface area contributed by atoms with Gasteiger partial charge in [0.15, 0.2) is 5.76 Å². The molecule has 0 fully saturated rings. The Bertz CT molecular complexity index is 892. The maximum atomic E-state index is 12.6. The average molecular weight is 393 g/mol. The number of halogens is 2. The fourth-order valence-corrected chi connectivity index (χ4v) is 2.59. The molecule has 1 N–H and O–H groups in total. The van der Waals surface area contributed by atoms with E-state index in [4.69, 9.17) is 32.0 Å². The van der Waals surface area contributed by atoms with Crippen LogP contribution in [0.15, 0.2) is 63.8 Å². The topological polar surface area (TPSA) is 75.7 Å². The fraction of sp³-hybridized carbons (Fsp3) is 0.111. The van der Waals surface area contributed by atoms with Gasteiger partial charge in [-0.15, -0.1) is 0 Å². The van der Waals surface area contributed by atoms with Crippen molar-refractivity contribution in [2.75, 3.05) is 11.9 Å². The Morgan fingerprint density at radius 3 is 2.42 bits per heavy atom. The molecule has 0 radical (unpaired) electrons. The van der Waals surface area contributed by atoms with Gasteiger partial charge in [-0.3, -0.25) is 9.59 Å². The molecule has 0 bridgehead atoms. The van der Waals surface area contributed by atoms with Gasteiger partial charge in [-0.1, -0.05) is 23.2 Å². The Morgan fingerprint density at radius 1 is 1.00 bits per heavy atom. The number of nitrogens with zero attached hydrogens (tertiary/aromatic N) is 1. The summed E-state index contributed by atoms with van der Waals surface area (Å²) in [7, 11) is 0. The summed E-state index contributed by atoms with van der Waals surface area (Å²) in [6.07, 6.45) is 2.90. The van der Waals surface area contributed by atoms with Crippen molar-refractivity contribution in [1.82, 2.24) is 4.90 Å². The number of carbonyl (C=O) groups is 2. The maximum absolute atomic E-state index is 12.6. The van der Waals surface area contributed by atoms with Gasteiger partial charge < -0.3 is 19.1 Å². The molecule has 2 aromatic heterocycles. The SMILES string of the molecule is O=C(CN(Cc1ccco1)C(=O)c1ccco1)Nc1ccc(Cl)c(Cl)c1. The van der Waals surface area contributed by atoms with E-state index in [0.29, 0.717) is 21.5 Å². The Kier molecular flexibility index (Phi) is 5.65. The second-order valence-electron chi connectivity index (χ2n) is 5.39. The summed E-state index contributed by atoms with van der Waals surface area (Å²) in [5, 5.41) is 3.39. The van der Waals surface area contributed by atoms with Crippen molar-refractivity contribution in [2.45, 2.75) is 6.54 Å². The third kappa shape index (κ3) is 4.47. The molecule has 0 spiro atoms. The van der Waals surface area contributed by atoms with Gasteiger partial charge in [0, 0.05) is 5.69 Å². The molecule has 0 aliphatic carbocycles. The first-order chi connectivity index (χ1) is 12.5. The monoisotopic (exact) mass is 392 g/mol. The van der Waals surface area contributed by atoms with Crippen molar-refractivity contribution in [3.8, 4) is 0 Å². The van der Waals surface area contributed by atoms with Crippen molar-refractivity contribution in [3.05, 3.63) is 76.6 Å². The lowest BCUT2D eigenvalue weighted by atomic mass is 10.3. The van der Waals surface area contributed by atoms with Gasteiger partial charge in [-0.2, -0.15) is 0 Å². The van der Waals surface area contributed by atoms with E-state index in [1.807, 2.05) is 0 Å². The van der Waals surface area contributed by atoms with E-state index >= 15 is 0 Å². The van der Waals surface area contributed by atoms with E-state index in [1.165, 1.54) is 29.6 Å². The Balaban J connectivity index is 1.72. The number of rotatable bonds is 6. The molecule has 26 heavy (non-hydrogen) atoms. The summed E-state index contributed by atoms with van der Waals surface area (Å²) in [4.78, 5) is 26.3. The summed E-state index contributed by atoms with van der Waals surface area (Å²) in [5.41, 5.74) is 0.479. The van der Waals surface area contributed by atoms with Crippen LogP contribution in [-0.4, -0.2) is 23.3 Å². The number of furan rings is 2. The first-order valence-electron chi connectivity index (χ1n) is 7.63. The number of hydrogen-bond acceptors (Lipinski definition) is 4. The van der Waals surface area contributed by atoms with Crippen LogP contribution in [0.3, 0.4) is 0 Å². The predicted molar refractivity (Wildman–Crippen MR) is 97.2 cm³/mol. The zero-order valence-electron chi connectivity index (χ0n) is 13.4. The molecular weight excluding hydrogens is 379 g/mol. The van der Waals surface area contributed by atoms with Gasteiger partial charge in [-0.05, 0) is 42.5 Å². The summed E-state index contributed by atoms with van der Waals surface area (Å²) in [6.45, 7) is -0.0677. The van der Waals surface area contributed by atoms with Crippen LogP contribution < -0.4 is 5.32 Å². The van der Waals surface area contributed by atoms with Gasteiger partial charge in [0.1, 0.15) is 12.3 Å². The van der Waals surface area contributed by atoms with E-state index < -0.39 is 11.8 Å². The van der Waals surface area contributed by atoms with Crippen LogP contribution in [0.25, 0.3) is 0 Å². The molecule has 0 saturated heterocycles. The zero-order valence-corrected chi connectivity index (χ0v) is 15.0. The first kappa shape index (κ1) is 18.1. The molecule has 2 heterocycles. The second-order valence-corrected chi connectivity index (χ2v) is 6.21. The number of benzene rings is 1. The predicted octanol–water partition coefficient (Wildman–Crippen LogP) is 4.46. The highest BCUT2D eigenvalue weighted by Gasteiger charge is 2.22. The van der Waals surface area contributed by atoms with Crippen LogP contribution in [0.5, 0.6) is 0 Å². The van der Waals surface area contributed by atoms with Crippen LogP contribution in [0, 0.1) is 0 Å². The Morgan fingerprint density at radius 2 is 1.77 bits per heavy atom. The number of amides is 2. The molecule has 2 amide bonds.